The number of thiophene rings is 1. The van der Waals surface area contributed by atoms with Crippen molar-refractivity contribution in [2.75, 3.05) is 11.5 Å². The van der Waals surface area contributed by atoms with Gasteiger partial charge in [0.25, 0.3) is 0 Å². The van der Waals surface area contributed by atoms with Gasteiger partial charge in [0.1, 0.15) is 5.82 Å². The Bertz CT molecular complexity index is 648. The van der Waals surface area contributed by atoms with Crippen molar-refractivity contribution in [1.29, 1.82) is 0 Å². The van der Waals surface area contributed by atoms with Crippen LogP contribution in [0.1, 0.15) is 12.2 Å². The van der Waals surface area contributed by atoms with Crippen LogP contribution < -0.4 is 5.32 Å². The first-order valence-corrected chi connectivity index (χ1v) is 8.71. The minimum Gasteiger partial charge on any atom is -0.306 e. The van der Waals surface area contributed by atoms with Crippen LogP contribution >= 0.6 is 11.3 Å². The van der Waals surface area contributed by atoms with E-state index in [2.05, 4.69) is 20.5 Å². The second kappa shape index (κ2) is 5.03. The predicted octanol–water partition coefficient (Wildman–Crippen LogP) is 0.810. The van der Waals surface area contributed by atoms with Crippen LogP contribution in [0.3, 0.4) is 0 Å². The highest BCUT2D eigenvalue weighted by atomic mass is 32.2. The molecule has 102 valence electrons. The first-order chi connectivity index (χ1) is 9.12. The molecule has 1 unspecified atom stereocenters. The van der Waals surface area contributed by atoms with Crippen LogP contribution in [-0.4, -0.2) is 41.1 Å². The Morgan fingerprint density at radius 2 is 2.42 bits per heavy atom. The molecular formula is C11H14N4O2S2. The zero-order chi connectivity index (χ0) is 13.3. The number of aromatic nitrogens is 3. The summed E-state index contributed by atoms with van der Waals surface area (Å²) in [5.74, 6) is 1.92. The summed E-state index contributed by atoms with van der Waals surface area (Å²) < 4.78 is 22.7. The third-order valence-corrected chi connectivity index (χ3v) is 5.70. The van der Waals surface area contributed by atoms with Crippen LogP contribution in [0.2, 0.25) is 0 Å². The molecule has 1 saturated heterocycles. The first-order valence-electron chi connectivity index (χ1n) is 6.01. The van der Waals surface area contributed by atoms with E-state index in [-0.39, 0.29) is 17.5 Å². The average Bonchev–Trinajstić information content (AvgIpc) is 3.04. The van der Waals surface area contributed by atoms with Gasteiger partial charge in [0.05, 0.1) is 22.9 Å². The monoisotopic (exact) mass is 298 g/mol. The van der Waals surface area contributed by atoms with Crippen molar-refractivity contribution in [1.82, 2.24) is 20.5 Å². The van der Waals surface area contributed by atoms with Crippen molar-refractivity contribution in [3.8, 4) is 10.7 Å². The molecule has 3 heterocycles. The van der Waals surface area contributed by atoms with Crippen molar-refractivity contribution in [2.45, 2.75) is 19.0 Å². The molecule has 0 amide bonds. The molecule has 2 aromatic rings. The second-order valence-electron chi connectivity index (χ2n) is 4.56. The molecule has 0 bridgehead atoms. The van der Waals surface area contributed by atoms with Crippen molar-refractivity contribution in [2.24, 2.45) is 0 Å². The van der Waals surface area contributed by atoms with Crippen LogP contribution in [0.4, 0.5) is 0 Å². The molecule has 1 aliphatic rings. The molecule has 3 rings (SSSR count). The van der Waals surface area contributed by atoms with E-state index in [1.54, 1.807) is 11.3 Å². The van der Waals surface area contributed by atoms with Crippen LogP contribution in [0.5, 0.6) is 0 Å². The van der Waals surface area contributed by atoms with Crippen molar-refractivity contribution in [3.05, 3.63) is 23.3 Å². The highest BCUT2D eigenvalue weighted by Gasteiger charge is 2.27. The fourth-order valence-electron chi connectivity index (χ4n) is 2.09. The van der Waals surface area contributed by atoms with E-state index in [0.717, 1.165) is 10.7 Å². The molecule has 0 aliphatic carbocycles. The topological polar surface area (TPSA) is 87.7 Å². The number of hydrogen-bond acceptors (Lipinski definition) is 6. The van der Waals surface area contributed by atoms with Gasteiger partial charge in [-0.05, 0) is 17.9 Å². The van der Waals surface area contributed by atoms with Gasteiger partial charge >= 0.3 is 0 Å². The minimum absolute atomic E-state index is 0.0280. The quantitative estimate of drug-likeness (QED) is 0.872. The minimum atomic E-state index is -2.84. The summed E-state index contributed by atoms with van der Waals surface area (Å²) >= 11 is 1.59. The summed E-state index contributed by atoms with van der Waals surface area (Å²) in [5, 5.41) is 12.2. The molecule has 1 aliphatic heterocycles. The summed E-state index contributed by atoms with van der Waals surface area (Å²) in [4.78, 5) is 5.40. The zero-order valence-corrected chi connectivity index (χ0v) is 11.8. The molecule has 2 N–H and O–H groups in total. The van der Waals surface area contributed by atoms with E-state index in [1.807, 2.05) is 17.5 Å². The fourth-order valence-corrected chi connectivity index (χ4v) is 4.45. The van der Waals surface area contributed by atoms with Crippen molar-refractivity contribution < 1.29 is 8.42 Å². The van der Waals surface area contributed by atoms with Gasteiger partial charge in [0.2, 0.25) is 0 Å². The van der Waals surface area contributed by atoms with Crippen LogP contribution in [0.25, 0.3) is 10.7 Å². The molecule has 0 aromatic carbocycles. The summed E-state index contributed by atoms with van der Waals surface area (Å²) in [6.45, 7) is 0.512. The largest absolute Gasteiger partial charge is 0.306 e. The Morgan fingerprint density at radius 3 is 3.11 bits per heavy atom. The highest BCUT2D eigenvalue weighted by molar-refractivity contribution is 7.91. The molecule has 2 aromatic heterocycles. The van der Waals surface area contributed by atoms with Gasteiger partial charge in [0, 0.05) is 6.04 Å². The van der Waals surface area contributed by atoms with Gasteiger partial charge in [0.15, 0.2) is 15.7 Å². The third kappa shape index (κ3) is 3.02. The normalized spacial score (nSPS) is 21.8. The summed E-state index contributed by atoms with van der Waals surface area (Å²) in [6.07, 6.45) is 0.675. The van der Waals surface area contributed by atoms with Gasteiger partial charge in [-0.15, -0.1) is 11.3 Å². The Kier molecular flexibility index (Phi) is 3.38. The lowest BCUT2D eigenvalue weighted by atomic mass is 10.2. The molecule has 1 fully saturated rings. The number of rotatable bonds is 4. The maximum atomic E-state index is 11.3. The van der Waals surface area contributed by atoms with Crippen LogP contribution in [0, 0.1) is 0 Å². The smallest absolute Gasteiger partial charge is 0.191 e. The van der Waals surface area contributed by atoms with Crippen LogP contribution in [0.15, 0.2) is 17.5 Å². The number of aromatic amines is 1. The molecule has 0 radical (unpaired) electrons. The number of sulfone groups is 1. The lowest BCUT2D eigenvalue weighted by molar-refractivity contribution is 0.542. The molecule has 6 nitrogen and oxygen atoms in total. The molecule has 1 atom stereocenters. The Hall–Kier alpha value is -1.25. The second-order valence-corrected chi connectivity index (χ2v) is 7.74. The van der Waals surface area contributed by atoms with E-state index in [4.69, 9.17) is 0 Å². The van der Waals surface area contributed by atoms with Gasteiger partial charge in [-0.3, -0.25) is 5.10 Å². The first kappa shape index (κ1) is 12.8. The Morgan fingerprint density at radius 1 is 1.53 bits per heavy atom. The van der Waals surface area contributed by atoms with Gasteiger partial charge in [-0.2, -0.15) is 5.10 Å². The van der Waals surface area contributed by atoms with E-state index in [0.29, 0.717) is 18.8 Å². The standard InChI is InChI=1S/C11H14N4O2S2/c16-19(17)5-3-8(7-19)12-6-10-13-11(15-14-10)9-2-1-4-18-9/h1-2,4,8,12H,3,5-7H2,(H,13,14,15). The third-order valence-electron chi connectivity index (χ3n) is 3.06. The van der Waals surface area contributed by atoms with Gasteiger partial charge in [-0.25, -0.2) is 13.4 Å². The molecule has 0 spiro atoms. The molecule has 19 heavy (non-hydrogen) atoms. The average molecular weight is 298 g/mol. The summed E-state index contributed by atoms with van der Waals surface area (Å²) in [7, 11) is -2.84. The summed E-state index contributed by atoms with van der Waals surface area (Å²) in [6, 6.07) is 3.95. The molecule has 8 heteroatoms. The summed E-state index contributed by atoms with van der Waals surface area (Å²) in [5.41, 5.74) is 0. The lowest BCUT2D eigenvalue weighted by Crippen LogP contribution is -2.29. The Balaban J connectivity index is 1.59. The van der Waals surface area contributed by atoms with E-state index in [1.165, 1.54) is 0 Å². The SMILES string of the molecule is O=S1(=O)CCC(NCc2nc(-c3cccs3)n[nH]2)C1. The number of nitrogens with one attached hydrogen (secondary N) is 2. The highest BCUT2D eigenvalue weighted by Crippen LogP contribution is 2.20. The van der Waals surface area contributed by atoms with Gasteiger partial charge in [-0.1, -0.05) is 6.07 Å². The maximum Gasteiger partial charge on any atom is 0.191 e. The van der Waals surface area contributed by atoms with E-state index >= 15 is 0 Å². The predicted molar refractivity (Wildman–Crippen MR) is 73.6 cm³/mol. The Labute approximate surface area is 115 Å². The van der Waals surface area contributed by atoms with Crippen LogP contribution in [-0.2, 0) is 16.4 Å². The number of nitrogens with zero attached hydrogens (tertiary/aromatic N) is 2. The molecule has 0 saturated carbocycles. The van der Waals surface area contributed by atoms with Crippen molar-refractivity contribution in [3.63, 3.8) is 0 Å². The van der Waals surface area contributed by atoms with E-state index in [9.17, 15) is 8.42 Å². The number of hydrogen-bond donors (Lipinski definition) is 2. The fraction of sp³-hybridized carbons (Fsp3) is 0.455. The maximum absolute atomic E-state index is 11.3. The zero-order valence-electron chi connectivity index (χ0n) is 10.2. The van der Waals surface area contributed by atoms with Gasteiger partial charge < -0.3 is 5.32 Å². The number of H-pyrrole nitrogens is 1. The lowest BCUT2D eigenvalue weighted by Gasteiger charge is -2.07. The molecular weight excluding hydrogens is 284 g/mol. The van der Waals surface area contributed by atoms with E-state index < -0.39 is 9.84 Å². The van der Waals surface area contributed by atoms with Crippen molar-refractivity contribution >= 4 is 21.2 Å².